The molecule has 0 saturated carbocycles. The molecule has 1 aromatic carbocycles. The van der Waals surface area contributed by atoms with E-state index >= 15 is 0 Å². The summed E-state index contributed by atoms with van der Waals surface area (Å²) in [5.41, 5.74) is 2.11. The molecule has 0 aliphatic carbocycles. The van der Waals surface area contributed by atoms with Crippen LogP contribution in [-0.2, 0) is 22.6 Å². The van der Waals surface area contributed by atoms with E-state index in [4.69, 9.17) is 9.47 Å². The van der Waals surface area contributed by atoms with Crippen LogP contribution >= 0.6 is 0 Å². The highest BCUT2D eigenvalue weighted by atomic mass is 19.4. The largest absolute Gasteiger partial charge is 0.401 e. The minimum atomic E-state index is -4.16. The topological polar surface area (TPSA) is 58.1 Å². The van der Waals surface area contributed by atoms with Crippen LogP contribution in [0.4, 0.5) is 13.2 Å². The van der Waals surface area contributed by atoms with Gasteiger partial charge in [0.15, 0.2) is 5.96 Å². The molecule has 0 radical (unpaired) electrons. The van der Waals surface area contributed by atoms with Gasteiger partial charge in [-0.3, -0.25) is 4.90 Å². The minimum absolute atomic E-state index is 0.0461. The van der Waals surface area contributed by atoms with Gasteiger partial charge < -0.3 is 20.1 Å². The predicted molar refractivity (Wildman–Crippen MR) is 111 cm³/mol. The molecule has 1 fully saturated rings. The normalized spacial score (nSPS) is 18.0. The standard InChI is InChI=1S/C21H33F3N4O2/c1-3-25-20(27-19-8-9-28(14-19)16-21(22,23)24)26-13-17-6-5-7-18(12-17)15-30-11-10-29-4-2/h5-7,12,19H,3-4,8-11,13-16H2,1-2H3,(H2,25,26,27). The molecule has 30 heavy (non-hydrogen) atoms. The van der Waals surface area contributed by atoms with Crippen LogP contribution in [0.25, 0.3) is 0 Å². The molecule has 0 spiro atoms. The summed E-state index contributed by atoms with van der Waals surface area (Å²) in [6.07, 6.45) is -3.50. The van der Waals surface area contributed by atoms with Crippen molar-refractivity contribution in [1.29, 1.82) is 0 Å². The first kappa shape index (κ1) is 24.4. The number of likely N-dealkylation sites (tertiary alicyclic amines) is 1. The molecule has 0 aromatic heterocycles. The first-order valence-electron chi connectivity index (χ1n) is 10.5. The Labute approximate surface area is 176 Å². The number of rotatable bonds is 11. The second kappa shape index (κ2) is 12.8. The zero-order valence-corrected chi connectivity index (χ0v) is 17.8. The maximum Gasteiger partial charge on any atom is 0.401 e. The number of aliphatic imine (C=N–C) groups is 1. The van der Waals surface area contributed by atoms with Crippen molar-refractivity contribution in [2.24, 2.45) is 4.99 Å². The fraction of sp³-hybridized carbons (Fsp3) is 0.667. The number of ether oxygens (including phenoxy) is 2. The second-order valence-electron chi connectivity index (χ2n) is 7.24. The monoisotopic (exact) mass is 430 g/mol. The van der Waals surface area contributed by atoms with Crippen LogP contribution in [0.3, 0.4) is 0 Å². The molecule has 1 aromatic rings. The van der Waals surface area contributed by atoms with Crippen LogP contribution in [0.1, 0.15) is 31.4 Å². The number of hydrogen-bond acceptors (Lipinski definition) is 4. The number of hydrogen-bond donors (Lipinski definition) is 2. The third-order valence-electron chi connectivity index (χ3n) is 4.62. The van der Waals surface area contributed by atoms with Crippen LogP contribution in [0.2, 0.25) is 0 Å². The van der Waals surface area contributed by atoms with Crippen molar-refractivity contribution in [2.45, 2.75) is 45.6 Å². The Morgan fingerprint density at radius 2 is 1.97 bits per heavy atom. The van der Waals surface area contributed by atoms with Gasteiger partial charge in [0, 0.05) is 32.3 Å². The average molecular weight is 431 g/mol. The molecule has 2 rings (SSSR count). The lowest BCUT2D eigenvalue weighted by Gasteiger charge is -2.19. The quantitative estimate of drug-likeness (QED) is 0.321. The first-order valence-corrected chi connectivity index (χ1v) is 10.5. The SMILES string of the molecule is CCNC(=NCc1cccc(COCCOCC)c1)NC1CCN(CC(F)(F)F)C1. The van der Waals surface area contributed by atoms with E-state index in [1.54, 1.807) is 0 Å². The summed E-state index contributed by atoms with van der Waals surface area (Å²) in [6, 6.07) is 7.98. The second-order valence-corrected chi connectivity index (χ2v) is 7.24. The molecule has 1 aliphatic heterocycles. The van der Waals surface area contributed by atoms with Gasteiger partial charge in [-0.05, 0) is 31.4 Å². The summed E-state index contributed by atoms with van der Waals surface area (Å²) in [6.45, 7) is 7.32. The highest BCUT2D eigenvalue weighted by molar-refractivity contribution is 5.80. The lowest BCUT2D eigenvalue weighted by molar-refractivity contribution is -0.143. The maximum atomic E-state index is 12.6. The van der Waals surface area contributed by atoms with Gasteiger partial charge in [0.2, 0.25) is 0 Å². The number of nitrogens with zero attached hydrogens (tertiary/aromatic N) is 2. The Morgan fingerprint density at radius 1 is 1.20 bits per heavy atom. The highest BCUT2D eigenvalue weighted by Gasteiger charge is 2.34. The van der Waals surface area contributed by atoms with Gasteiger partial charge in [-0.1, -0.05) is 24.3 Å². The molecule has 170 valence electrons. The van der Waals surface area contributed by atoms with Gasteiger partial charge in [0.05, 0.1) is 32.9 Å². The summed E-state index contributed by atoms with van der Waals surface area (Å²) in [5.74, 6) is 0.620. The number of halogens is 3. The number of benzene rings is 1. The Bertz CT molecular complexity index is 655. The fourth-order valence-electron chi connectivity index (χ4n) is 3.30. The van der Waals surface area contributed by atoms with Crippen molar-refractivity contribution in [2.75, 3.05) is 46.0 Å². The van der Waals surface area contributed by atoms with Crippen molar-refractivity contribution in [3.63, 3.8) is 0 Å². The molecule has 1 heterocycles. The van der Waals surface area contributed by atoms with Crippen molar-refractivity contribution in [3.05, 3.63) is 35.4 Å². The summed E-state index contributed by atoms with van der Waals surface area (Å²) in [5, 5.41) is 6.43. The van der Waals surface area contributed by atoms with Crippen LogP contribution in [-0.4, -0.2) is 69.1 Å². The van der Waals surface area contributed by atoms with E-state index in [2.05, 4.69) is 15.6 Å². The van der Waals surface area contributed by atoms with Crippen LogP contribution in [0.5, 0.6) is 0 Å². The molecule has 6 nitrogen and oxygen atoms in total. The van der Waals surface area contributed by atoms with Crippen LogP contribution in [0, 0.1) is 0 Å². The zero-order valence-electron chi connectivity index (χ0n) is 17.8. The Kier molecular flexibility index (Phi) is 10.4. The summed E-state index contributed by atoms with van der Waals surface area (Å²) in [4.78, 5) is 6.03. The first-order chi connectivity index (χ1) is 14.4. The summed E-state index contributed by atoms with van der Waals surface area (Å²) < 4.78 is 48.6. The lowest BCUT2D eigenvalue weighted by Crippen LogP contribution is -2.45. The Hall–Kier alpha value is -1.84. The van der Waals surface area contributed by atoms with Crippen LogP contribution in [0.15, 0.2) is 29.3 Å². The van der Waals surface area contributed by atoms with Crippen molar-refractivity contribution < 1.29 is 22.6 Å². The predicted octanol–water partition coefficient (Wildman–Crippen LogP) is 2.93. The summed E-state index contributed by atoms with van der Waals surface area (Å²) in [7, 11) is 0. The van der Waals surface area contributed by atoms with E-state index in [1.165, 1.54) is 4.90 Å². The van der Waals surface area contributed by atoms with Gasteiger partial charge in [-0.2, -0.15) is 13.2 Å². The van der Waals surface area contributed by atoms with E-state index in [0.29, 0.717) is 65.0 Å². The van der Waals surface area contributed by atoms with E-state index in [1.807, 2.05) is 38.1 Å². The fourth-order valence-corrected chi connectivity index (χ4v) is 3.30. The van der Waals surface area contributed by atoms with Crippen molar-refractivity contribution >= 4 is 5.96 Å². The van der Waals surface area contributed by atoms with E-state index in [-0.39, 0.29) is 6.04 Å². The molecular weight excluding hydrogens is 397 g/mol. The van der Waals surface area contributed by atoms with E-state index < -0.39 is 12.7 Å². The molecule has 1 aliphatic rings. The molecule has 9 heteroatoms. The number of guanidine groups is 1. The van der Waals surface area contributed by atoms with Crippen molar-refractivity contribution in [1.82, 2.24) is 15.5 Å². The van der Waals surface area contributed by atoms with Gasteiger partial charge in [0.25, 0.3) is 0 Å². The lowest BCUT2D eigenvalue weighted by atomic mass is 10.1. The van der Waals surface area contributed by atoms with E-state index in [0.717, 1.165) is 11.1 Å². The Morgan fingerprint density at radius 3 is 2.70 bits per heavy atom. The summed E-state index contributed by atoms with van der Waals surface area (Å²) >= 11 is 0. The molecule has 1 unspecified atom stereocenters. The van der Waals surface area contributed by atoms with Crippen molar-refractivity contribution in [3.8, 4) is 0 Å². The Balaban J connectivity index is 1.85. The molecular formula is C21H33F3N4O2. The molecule has 0 bridgehead atoms. The van der Waals surface area contributed by atoms with Gasteiger partial charge in [-0.25, -0.2) is 4.99 Å². The number of alkyl halides is 3. The number of nitrogens with one attached hydrogen (secondary N) is 2. The van der Waals surface area contributed by atoms with E-state index in [9.17, 15) is 13.2 Å². The third kappa shape index (κ3) is 9.77. The molecule has 1 saturated heterocycles. The zero-order chi connectivity index (χ0) is 21.8. The third-order valence-corrected chi connectivity index (χ3v) is 4.62. The smallest absolute Gasteiger partial charge is 0.379 e. The van der Waals surface area contributed by atoms with Gasteiger partial charge in [0.1, 0.15) is 0 Å². The van der Waals surface area contributed by atoms with Crippen LogP contribution < -0.4 is 10.6 Å². The van der Waals surface area contributed by atoms with Gasteiger partial charge >= 0.3 is 6.18 Å². The molecule has 1 atom stereocenters. The molecule has 0 amide bonds. The average Bonchev–Trinajstić information content (AvgIpc) is 3.11. The minimum Gasteiger partial charge on any atom is -0.379 e. The van der Waals surface area contributed by atoms with Gasteiger partial charge in [-0.15, -0.1) is 0 Å². The maximum absolute atomic E-state index is 12.6. The molecule has 2 N–H and O–H groups in total. The highest BCUT2D eigenvalue weighted by Crippen LogP contribution is 2.20.